The highest BCUT2D eigenvalue weighted by Crippen LogP contribution is 2.32. The molecule has 0 saturated carbocycles. The van der Waals surface area contributed by atoms with Gasteiger partial charge in [-0.3, -0.25) is 13.9 Å². The van der Waals surface area contributed by atoms with Crippen molar-refractivity contribution < 1.29 is 27.5 Å². The molecular weight excluding hydrogens is 530 g/mol. The molecule has 0 aromatic heterocycles. The number of nitrogens with zero attached hydrogens (tertiary/aromatic N) is 2. The fourth-order valence-electron chi connectivity index (χ4n) is 4.04. The van der Waals surface area contributed by atoms with Gasteiger partial charge in [-0.2, -0.15) is 0 Å². The van der Waals surface area contributed by atoms with E-state index in [0.717, 1.165) is 9.87 Å². The minimum Gasteiger partial charge on any atom is -0.493 e. The average Bonchev–Trinajstić information content (AvgIpc) is 2.97. The largest absolute Gasteiger partial charge is 0.493 e. The maximum Gasteiger partial charge on any atom is 0.264 e. The van der Waals surface area contributed by atoms with Gasteiger partial charge >= 0.3 is 0 Å². The van der Waals surface area contributed by atoms with Crippen LogP contribution in [0.5, 0.6) is 11.5 Å². The van der Waals surface area contributed by atoms with E-state index in [4.69, 9.17) is 9.47 Å². The molecule has 2 amide bonds. The predicted molar refractivity (Wildman–Crippen MR) is 155 cm³/mol. The normalized spacial score (nSPS) is 11.9. The van der Waals surface area contributed by atoms with E-state index in [-0.39, 0.29) is 29.0 Å². The molecule has 10 heteroatoms. The lowest BCUT2D eigenvalue weighted by molar-refractivity contribution is -0.139. The number of rotatable bonds is 13. The van der Waals surface area contributed by atoms with E-state index in [0.29, 0.717) is 18.0 Å². The predicted octanol–water partition coefficient (Wildman–Crippen LogP) is 4.09. The van der Waals surface area contributed by atoms with Crippen LogP contribution in [0.1, 0.15) is 26.3 Å². The van der Waals surface area contributed by atoms with E-state index in [2.05, 4.69) is 5.32 Å². The van der Waals surface area contributed by atoms with Gasteiger partial charge in [-0.05, 0) is 42.7 Å². The summed E-state index contributed by atoms with van der Waals surface area (Å²) >= 11 is 0. The molecule has 0 unspecified atom stereocenters. The Balaban J connectivity index is 2.01. The van der Waals surface area contributed by atoms with Crippen molar-refractivity contribution in [2.24, 2.45) is 5.92 Å². The van der Waals surface area contributed by atoms with Gasteiger partial charge in [0.2, 0.25) is 11.8 Å². The Morgan fingerprint density at radius 1 is 0.850 bits per heavy atom. The zero-order valence-corrected chi connectivity index (χ0v) is 24.4. The van der Waals surface area contributed by atoms with Crippen LogP contribution in [0.3, 0.4) is 0 Å². The topological polar surface area (TPSA) is 105 Å². The molecule has 3 rings (SSSR count). The first-order valence-corrected chi connectivity index (χ1v) is 14.4. The highest BCUT2D eigenvalue weighted by molar-refractivity contribution is 7.92. The lowest BCUT2D eigenvalue weighted by atomic mass is 10.1. The van der Waals surface area contributed by atoms with Crippen molar-refractivity contribution in [2.45, 2.75) is 38.3 Å². The highest BCUT2D eigenvalue weighted by atomic mass is 32.2. The maximum absolute atomic E-state index is 14.0. The lowest BCUT2D eigenvalue weighted by Crippen LogP contribution is -2.51. The van der Waals surface area contributed by atoms with Gasteiger partial charge in [0.05, 0.1) is 24.8 Å². The van der Waals surface area contributed by atoms with Crippen LogP contribution in [-0.4, -0.2) is 58.5 Å². The molecule has 0 saturated heterocycles. The van der Waals surface area contributed by atoms with Crippen LogP contribution in [0.4, 0.5) is 5.69 Å². The number of amides is 2. The fourth-order valence-corrected chi connectivity index (χ4v) is 5.47. The van der Waals surface area contributed by atoms with Crippen molar-refractivity contribution in [1.82, 2.24) is 10.2 Å². The number of para-hydroxylation sites is 1. The number of nitrogens with one attached hydrogen (secondary N) is 1. The van der Waals surface area contributed by atoms with Crippen LogP contribution < -0.4 is 19.1 Å². The Morgan fingerprint density at radius 2 is 1.45 bits per heavy atom. The van der Waals surface area contributed by atoms with E-state index >= 15 is 0 Å². The van der Waals surface area contributed by atoms with Crippen LogP contribution in [-0.2, 0) is 26.2 Å². The van der Waals surface area contributed by atoms with E-state index in [1.807, 2.05) is 44.2 Å². The Kier molecular flexibility index (Phi) is 10.6. The third-order valence-corrected chi connectivity index (χ3v) is 8.08. The number of hydrogen-bond acceptors (Lipinski definition) is 6. The van der Waals surface area contributed by atoms with Crippen LogP contribution >= 0.6 is 0 Å². The molecule has 9 nitrogen and oxygen atoms in total. The summed E-state index contributed by atoms with van der Waals surface area (Å²) in [6.45, 7) is 5.68. The smallest absolute Gasteiger partial charge is 0.264 e. The molecule has 0 aliphatic rings. The Labute approximate surface area is 236 Å². The van der Waals surface area contributed by atoms with Gasteiger partial charge in [-0.25, -0.2) is 8.42 Å². The highest BCUT2D eigenvalue weighted by Gasteiger charge is 2.33. The van der Waals surface area contributed by atoms with Gasteiger partial charge in [-0.15, -0.1) is 0 Å². The van der Waals surface area contributed by atoms with E-state index in [1.54, 1.807) is 37.3 Å². The summed E-state index contributed by atoms with van der Waals surface area (Å²) in [4.78, 5) is 28.3. The fraction of sp³-hybridized carbons (Fsp3) is 0.333. The summed E-state index contributed by atoms with van der Waals surface area (Å²) < 4.78 is 39.6. The summed E-state index contributed by atoms with van der Waals surface area (Å²) in [5.74, 6) is 0.00805. The molecule has 40 heavy (non-hydrogen) atoms. The van der Waals surface area contributed by atoms with Crippen molar-refractivity contribution in [1.29, 1.82) is 0 Å². The molecule has 0 radical (unpaired) electrons. The van der Waals surface area contributed by atoms with E-state index < -0.39 is 28.5 Å². The maximum atomic E-state index is 14.0. The molecule has 1 N–H and O–H groups in total. The first-order valence-electron chi connectivity index (χ1n) is 13.0. The molecule has 0 heterocycles. The molecule has 3 aromatic rings. The first kappa shape index (κ1) is 30.5. The Hall–Kier alpha value is -4.05. The number of carbonyl (C=O) groups excluding carboxylic acids is 2. The molecular formula is C30H37N3O6S. The second-order valence-corrected chi connectivity index (χ2v) is 11.5. The summed E-state index contributed by atoms with van der Waals surface area (Å²) in [5, 5.41) is 2.88. The van der Waals surface area contributed by atoms with Crippen LogP contribution in [0.25, 0.3) is 0 Å². The molecule has 0 fully saturated rings. The molecule has 0 bridgehead atoms. The SMILES string of the molecule is COc1ccc(S(=O)(=O)N(CC(=O)N(Cc2ccccc2)[C@H](C)C(=O)NCC(C)C)c2ccccc2)cc1OC. The number of hydrogen-bond donors (Lipinski definition) is 1. The van der Waals surface area contributed by atoms with Gasteiger partial charge in [0.15, 0.2) is 11.5 Å². The van der Waals surface area contributed by atoms with E-state index in [9.17, 15) is 18.0 Å². The van der Waals surface area contributed by atoms with E-state index in [1.165, 1.54) is 37.3 Å². The van der Waals surface area contributed by atoms with Crippen LogP contribution in [0.15, 0.2) is 83.8 Å². The van der Waals surface area contributed by atoms with Gasteiger partial charge in [-0.1, -0.05) is 62.4 Å². The number of anilines is 1. The van der Waals surface area contributed by atoms with Crippen molar-refractivity contribution in [3.63, 3.8) is 0 Å². The summed E-state index contributed by atoms with van der Waals surface area (Å²) in [6, 6.07) is 21.1. The number of carbonyl (C=O) groups is 2. The molecule has 214 valence electrons. The van der Waals surface area contributed by atoms with Gasteiger partial charge < -0.3 is 19.7 Å². The third kappa shape index (κ3) is 7.53. The quantitative estimate of drug-likeness (QED) is 0.334. The molecule has 0 aliphatic heterocycles. The van der Waals surface area contributed by atoms with Crippen molar-refractivity contribution in [3.8, 4) is 11.5 Å². The Bertz CT molecular complexity index is 1380. The van der Waals surface area contributed by atoms with Crippen molar-refractivity contribution >= 4 is 27.5 Å². The number of methoxy groups -OCH3 is 2. The molecule has 0 aliphatic carbocycles. The van der Waals surface area contributed by atoms with Gasteiger partial charge in [0.25, 0.3) is 10.0 Å². The Morgan fingerprint density at radius 3 is 2.02 bits per heavy atom. The summed E-state index contributed by atoms with van der Waals surface area (Å²) in [5.41, 5.74) is 1.12. The average molecular weight is 568 g/mol. The minimum atomic E-state index is -4.23. The first-order chi connectivity index (χ1) is 19.1. The number of benzene rings is 3. The van der Waals surface area contributed by atoms with Gasteiger partial charge in [0.1, 0.15) is 12.6 Å². The minimum absolute atomic E-state index is 0.0702. The summed E-state index contributed by atoms with van der Waals surface area (Å²) in [6.07, 6.45) is 0. The zero-order chi connectivity index (χ0) is 29.3. The van der Waals surface area contributed by atoms with Crippen molar-refractivity contribution in [3.05, 3.63) is 84.4 Å². The van der Waals surface area contributed by atoms with Crippen LogP contribution in [0, 0.1) is 5.92 Å². The standard InChI is InChI=1S/C30H37N3O6S/c1-22(2)19-31-30(35)23(3)32(20-24-12-8-6-9-13-24)29(34)21-33(25-14-10-7-11-15-25)40(36,37)26-16-17-27(38-4)28(18-26)39-5/h6-18,22-23H,19-21H2,1-5H3,(H,31,35)/t23-/m1/s1. The third-order valence-electron chi connectivity index (χ3n) is 6.31. The monoisotopic (exact) mass is 567 g/mol. The van der Waals surface area contributed by atoms with Crippen LogP contribution in [0.2, 0.25) is 0 Å². The van der Waals surface area contributed by atoms with Gasteiger partial charge in [0, 0.05) is 19.2 Å². The summed E-state index contributed by atoms with van der Waals surface area (Å²) in [7, 11) is -1.36. The molecule has 1 atom stereocenters. The lowest BCUT2D eigenvalue weighted by Gasteiger charge is -2.32. The zero-order valence-electron chi connectivity index (χ0n) is 23.5. The molecule has 0 spiro atoms. The van der Waals surface area contributed by atoms with Crippen molar-refractivity contribution in [2.75, 3.05) is 31.6 Å². The molecule has 3 aromatic carbocycles. The second-order valence-electron chi connectivity index (χ2n) is 9.69. The number of sulfonamides is 1. The number of ether oxygens (including phenoxy) is 2. The second kappa shape index (κ2) is 13.8.